The van der Waals surface area contributed by atoms with Gasteiger partial charge in [0.15, 0.2) is 23.3 Å². The Balaban J connectivity index is 0.000000236. The maximum absolute atomic E-state index is 13.4. The first kappa shape index (κ1) is 40.0. The fourth-order valence-electron chi connectivity index (χ4n) is 5.43. The maximum Gasteiger partial charge on any atom is 0.277 e. The number of hydrogen-bond acceptors (Lipinski definition) is 7. The monoisotopic (exact) mass is 765 g/mol. The van der Waals surface area contributed by atoms with Gasteiger partial charge in [0.25, 0.3) is 22.0 Å². The van der Waals surface area contributed by atoms with Gasteiger partial charge >= 0.3 is 0 Å². The lowest BCUT2D eigenvalue weighted by Gasteiger charge is -2.28. The van der Waals surface area contributed by atoms with Crippen molar-refractivity contribution in [1.82, 2.24) is 9.44 Å². The number of fused-ring (bicyclic) bond motifs is 2. The lowest BCUT2D eigenvalue weighted by Crippen LogP contribution is -2.43. The van der Waals surface area contributed by atoms with Crippen LogP contribution in [-0.2, 0) is 10.2 Å². The van der Waals surface area contributed by atoms with Gasteiger partial charge in [0.05, 0.1) is 30.4 Å². The molecule has 4 aromatic rings. The highest BCUT2D eigenvalue weighted by Gasteiger charge is 2.29. The molecule has 6 N–H and O–H groups in total. The minimum Gasteiger partial charge on any atom is -0.492 e. The molecular weight excluding hydrogens is 730 g/mol. The Morgan fingerprint density at radius 1 is 0.731 bits per heavy atom. The number of halogens is 5. The third-order valence-corrected chi connectivity index (χ3v) is 9.10. The Morgan fingerprint density at radius 2 is 1.21 bits per heavy atom. The fraction of sp³-hybridized carbons (Fsp3) is 0.257. The zero-order valence-corrected chi connectivity index (χ0v) is 29.5. The summed E-state index contributed by atoms with van der Waals surface area (Å²) in [5, 5.41) is 5.01. The Hall–Kier alpha value is -4.74. The third kappa shape index (κ3) is 9.77. The van der Waals surface area contributed by atoms with Gasteiger partial charge in [0.1, 0.15) is 11.5 Å². The van der Waals surface area contributed by atoms with E-state index >= 15 is 0 Å². The second-order valence-corrected chi connectivity index (χ2v) is 13.4. The van der Waals surface area contributed by atoms with Crippen molar-refractivity contribution in [2.75, 3.05) is 23.8 Å². The molecule has 4 aromatic carbocycles. The van der Waals surface area contributed by atoms with E-state index in [1.807, 2.05) is 6.07 Å². The van der Waals surface area contributed by atoms with Gasteiger partial charge in [0, 0.05) is 59.6 Å². The number of nitrogens with one attached hydrogen (secondary N) is 4. The van der Waals surface area contributed by atoms with Gasteiger partial charge in [-0.2, -0.15) is 17.9 Å². The van der Waals surface area contributed by atoms with E-state index in [4.69, 9.17) is 15.2 Å². The van der Waals surface area contributed by atoms with Crippen molar-refractivity contribution in [3.8, 4) is 11.5 Å². The Kier molecular flexibility index (Phi) is 13.2. The molecule has 2 unspecified atom stereocenters. The zero-order chi connectivity index (χ0) is 36.9. The normalized spacial score (nSPS) is 16.1. The van der Waals surface area contributed by atoms with Crippen LogP contribution >= 0.6 is 12.4 Å². The quantitative estimate of drug-likeness (QED) is 0.132. The van der Waals surface area contributed by atoms with Crippen LogP contribution in [0.4, 0.5) is 28.9 Å². The van der Waals surface area contributed by atoms with Crippen LogP contribution in [0.3, 0.4) is 0 Å². The van der Waals surface area contributed by atoms with E-state index < -0.39 is 51.3 Å². The molecule has 6 rings (SSSR count). The highest BCUT2D eigenvalue weighted by Crippen LogP contribution is 2.36. The fourth-order valence-corrected chi connectivity index (χ4v) is 6.74. The average molecular weight is 766 g/mol. The second kappa shape index (κ2) is 17.2. The molecule has 0 saturated carbocycles. The molecule has 2 heterocycles. The van der Waals surface area contributed by atoms with Crippen molar-refractivity contribution >= 4 is 45.8 Å². The van der Waals surface area contributed by atoms with Gasteiger partial charge < -0.3 is 25.8 Å². The van der Waals surface area contributed by atoms with Gasteiger partial charge in [-0.3, -0.25) is 9.59 Å². The summed E-state index contributed by atoms with van der Waals surface area (Å²) >= 11 is 0. The van der Waals surface area contributed by atoms with Gasteiger partial charge in [-0.25, -0.2) is 17.6 Å². The van der Waals surface area contributed by atoms with Crippen molar-refractivity contribution < 1.29 is 45.0 Å². The molecule has 278 valence electrons. The number of ether oxygens (including phenoxy) is 2. The van der Waals surface area contributed by atoms with Crippen molar-refractivity contribution in [3.05, 3.63) is 118 Å². The zero-order valence-electron chi connectivity index (χ0n) is 27.8. The van der Waals surface area contributed by atoms with Crippen LogP contribution in [-0.4, -0.2) is 39.5 Å². The highest BCUT2D eigenvalue weighted by molar-refractivity contribution is 7.87. The molecular formula is C35H36ClF4N5O6S. The lowest BCUT2D eigenvalue weighted by molar-refractivity contribution is 0.101. The van der Waals surface area contributed by atoms with Crippen molar-refractivity contribution in [3.63, 3.8) is 0 Å². The summed E-state index contributed by atoms with van der Waals surface area (Å²) < 4.78 is 93.2. The van der Waals surface area contributed by atoms with Crippen LogP contribution in [0.2, 0.25) is 0 Å². The van der Waals surface area contributed by atoms with Gasteiger partial charge in [-0.1, -0.05) is 24.3 Å². The number of nitrogens with two attached hydrogens (primary N) is 1. The number of rotatable bonds is 8. The molecule has 0 saturated heterocycles. The van der Waals surface area contributed by atoms with Crippen LogP contribution in [0.25, 0.3) is 0 Å². The summed E-state index contributed by atoms with van der Waals surface area (Å²) in [4.78, 5) is 25.0. The van der Waals surface area contributed by atoms with E-state index in [0.29, 0.717) is 36.3 Å². The lowest BCUT2D eigenvalue weighted by atomic mass is 9.98. The Morgan fingerprint density at radius 3 is 1.71 bits per heavy atom. The molecule has 2 aliphatic rings. The maximum atomic E-state index is 13.4. The summed E-state index contributed by atoms with van der Waals surface area (Å²) in [6, 6.07) is 15.1. The first-order valence-corrected chi connectivity index (χ1v) is 17.3. The summed E-state index contributed by atoms with van der Waals surface area (Å²) in [7, 11) is -3.75. The summed E-state index contributed by atoms with van der Waals surface area (Å²) in [5.74, 6) is -4.45. The molecule has 2 atom stereocenters. The van der Waals surface area contributed by atoms with Crippen LogP contribution < -0.4 is 35.3 Å². The number of benzene rings is 4. The van der Waals surface area contributed by atoms with Gasteiger partial charge in [-0.15, -0.1) is 12.4 Å². The first-order chi connectivity index (χ1) is 24.2. The molecule has 0 bridgehead atoms. The van der Waals surface area contributed by atoms with Gasteiger partial charge in [0.2, 0.25) is 0 Å². The number of carbonyl (C=O) groups excluding carboxylic acids is 2. The molecule has 17 heteroatoms. The van der Waals surface area contributed by atoms with E-state index in [1.165, 1.54) is 18.2 Å². The predicted octanol–water partition coefficient (Wildman–Crippen LogP) is 6.29. The van der Waals surface area contributed by atoms with Crippen molar-refractivity contribution in [2.45, 2.75) is 44.8 Å². The van der Waals surface area contributed by atoms with Crippen molar-refractivity contribution in [2.24, 2.45) is 5.73 Å². The molecule has 2 aliphatic heterocycles. The third-order valence-electron chi connectivity index (χ3n) is 7.73. The summed E-state index contributed by atoms with van der Waals surface area (Å²) in [6.07, 6.45) is 1.07. The smallest absolute Gasteiger partial charge is 0.277 e. The standard InChI is InChI=1S/C19H21F2N3O4S.C16H14F2N2O2.ClH/c1-11(2)23-29(26,27)24-17-8-9-28-18-13(17)4-3-5-14(18)19(25)22-12-6-7-15(20)16(21)10-12;17-12-5-4-9(8-13(12)18)20-16(21)11-3-1-2-10-14(19)6-7-22-15(10)11;/h3-7,10-11,17,23-24H,8-9H2,1-2H3,(H,22,25);1-5,8,14H,6-7,19H2,(H,20,21);1H. The molecule has 2 amide bonds. The van der Waals surface area contributed by atoms with E-state index in [1.54, 1.807) is 38.1 Å². The highest BCUT2D eigenvalue weighted by atomic mass is 35.5. The molecule has 0 aromatic heterocycles. The summed E-state index contributed by atoms with van der Waals surface area (Å²) in [6.45, 7) is 4.05. The number of anilines is 2. The van der Waals surface area contributed by atoms with E-state index in [2.05, 4.69) is 20.1 Å². The Labute approximate surface area is 303 Å². The molecule has 0 aliphatic carbocycles. The SMILES string of the molecule is CC(C)NS(=O)(=O)NC1CCOc2c(C(=O)Nc3ccc(F)c(F)c3)cccc21.Cl.NC1CCOc2c(C(=O)Nc3ccc(F)c(F)c3)cccc21. The molecule has 52 heavy (non-hydrogen) atoms. The molecule has 0 radical (unpaired) electrons. The minimum atomic E-state index is -3.75. The minimum absolute atomic E-state index is 0. The molecule has 0 spiro atoms. The number of hydrogen-bond donors (Lipinski definition) is 5. The summed E-state index contributed by atoms with van der Waals surface area (Å²) in [5.41, 5.74) is 8.02. The number of para-hydroxylation sites is 2. The van der Waals surface area contributed by atoms with E-state index in [9.17, 15) is 35.6 Å². The topological polar surface area (TPSA) is 161 Å². The van der Waals surface area contributed by atoms with Crippen LogP contribution in [0, 0.1) is 23.3 Å². The number of amides is 2. The largest absolute Gasteiger partial charge is 0.492 e. The molecule has 11 nitrogen and oxygen atoms in total. The Bertz CT molecular complexity index is 2060. The first-order valence-electron chi connectivity index (χ1n) is 15.8. The van der Waals surface area contributed by atoms with E-state index in [0.717, 1.165) is 29.8 Å². The second-order valence-electron chi connectivity index (χ2n) is 11.9. The predicted molar refractivity (Wildman–Crippen MR) is 189 cm³/mol. The van der Waals surface area contributed by atoms with Gasteiger partial charge in [-0.05, 0) is 50.2 Å². The number of carbonyl (C=O) groups is 2. The average Bonchev–Trinajstić information content (AvgIpc) is 3.07. The van der Waals surface area contributed by atoms with Crippen LogP contribution in [0.15, 0.2) is 72.8 Å². The molecule has 0 fully saturated rings. The van der Waals surface area contributed by atoms with E-state index in [-0.39, 0.29) is 53.8 Å². The van der Waals surface area contributed by atoms with Crippen LogP contribution in [0.1, 0.15) is 70.6 Å². The van der Waals surface area contributed by atoms with Crippen molar-refractivity contribution in [1.29, 1.82) is 0 Å². The van der Waals surface area contributed by atoms with Crippen LogP contribution in [0.5, 0.6) is 11.5 Å².